The summed E-state index contributed by atoms with van der Waals surface area (Å²) >= 11 is 0. The summed E-state index contributed by atoms with van der Waals surface area (Å²) in [6.07, 6.45) is 1.37. The van der Waals surface area contributed by atoms with Gasteiger partial charge in [0.05, 0.1) is 11.3 Å². The van der Waals surface area contributed by atoms with Gasteiger partial charge in [-0.2, -0.15) is 0 Å². The van der Waals surface area contributed by atoms with E-state index in [-0.39, 0.29) is 37.9 Å². The normalized spacial score (nSPS) is 18.9. The van der Waals surface area contributed by atoms with Crippen molar-refractivity contribution in [2.75, 3.05) is 25.9 Å². The van der Waals surface area contributed by atoms with E-state index < -0.39 is 14.6 Å². The van der Waals surface area contributed by atoms with Gasteiger partial charge in [0.1, 0.15) is 0 Å². The molecule has 0 bridgehead atoms. The van der Waals surface area contributed by atoms with Crippen molar-refractivity contribution in [3.8, 4) is 0 Å². The van der Waals surface area contributed by atoms with Crippen LogP contribution in [-0.4, -0.2) is 55.8 Å². The van der Waals surface area contributed by atoms with Gasteiger partial charge in [0.25, 0.3) is 0 Å². The molecule has 1 rings (SSSR count). The third-order valence-corrected chi connectivity index (χ3v) is 5.11. The fourth-order valence-electron chi connectivity index (χ4n) is 1.48. The van der Waals surface area contributed by atoms with Crippen LogP contribution in [0.25, 0.3) is 0 Å². The minimum absolute atomic E-state index is 0.0569. The van der Waals surface area contributed by atoms with Crippen LogP contribution in [0.1, 0.15) is 20.3 Å². The average Bonchev–Trinajstić information content (AvgIpc) is 2.31. The molecule has 0 unspecified atom stereocenters. The van der Waals surface area contributed by atoms with E-state index in [1.165, 1.54) is 4.90 Å². The Labute approximate surface area is 101 Å². The summed E-state index contributed by atoms with van der Waals surface area (Å²) in [6.45, 7) is 3.48. The second kappa shape index (κ2) is 4.64. The molecule has 1 aliphatic rings. The standard InChI is InChI=1S/C10H18N2O4S/c1-10(2,17(3,15)16)7-12-5-4-8(13)11-6-9(12)14/h4-7H2,1-3H3,(H,11,13). The Kier molecular flexibility index (Phi) is 3.81. The molecule has 1 heterocycles. The summed E-state index contributed by atoms with van der Waals surface area (Å²) in [4.78, 5) is 24.2. The number of sulfone groups is 1. The zero-order valence-corrected chi connectivity index (χ0v) is 11.1. The summed E-state index contributed by atoms with van der Waals surface area (Å²) in [7, 11) is -3.25. The molecule has 2 amide bonds. The Bertz CT molecular complexity index is 428. The smallest absolute Gasteiger partial charge is 0.242 e. The number of nitrogens with zero attached hydrogens (tertiary/aromatic N) is 1. The quantitative estimate of drug-likeness (QED) is 0.718. The Hall–Kier alpha value is -1.11. The monoisotopic (exact) mass is 262 g/mol. The molecular formula is C10H18N2O4S. The maximum atomic E-state index is 11.7. The summed E-state index contributed by atoms with van der Waals surface area (Å²) in [6, 6.07) is 0. The van der Waals surface area contributed by atoms with Gasteiger partial charge in [0.2, 0.25) is 11.8 Å². The maximum Gasteiger partial charge on any atom is 0.242 e. The second-order valence-electron chi connectivity index (χ2n) is 4.87. The summed E-state index contributed by atoms with van der Waals surface area (Å²) in [5.74, 6) is -0.425. The molecule has 0 spiro atoms. The van der Waals surface area contributed by atoms with Crippen molar-refractivity contribution in [1.82, 2.24) is 10.2 Å². The Morgan fingerprint density at radius 3 is 2.47 bits per heavy atom. The highest BCUT2D eigenvalue weighted by Crippen LogP contribution is 2.17. The lowest BCUT2D eigenvalue weighted by Crippen LogP contribution is -2.47. The van der Waals surface area contributed by atoms with Crippen LogP contribution in [0.5, 0.6) is 0 Å². The first-order valence-corrected chi connectivity index (χ1v) is 7.27. The Morgan fingerprint density at radius 1 is 1.35 bits per heavy atom. The molecular weight excluding hydrogens is 244 g/mol. The predicted molar refractivity (Wildman–Crippen MR) is 63.1 cm³/mol. The highest BCUT2D eigenvalue weighted by Gasteiger charge is 2.34. The van der Waals surface area contributed by atoms with Gasteiger partial charge >= 0.3 is 0 Å². The van der Waals surface area contributed by atoms with Gasteiger partial charge in [-0.15, -0.1) is 0 Å². The molecule has 1 saturated heterocycles. The second-order valence-corrected chi connectivity index (χ2v) is 7.52. The summed E-state index contributed by atoms with van der Waals surface area (Å²) in [5, 5.41) is 2.47. The van der Waals surface area contributed by atoms with E-state index in [0.717, 1.165) is 6.26 Å². The molecule has 0 aromatic carbocycles. The fourth-order valence-corrected chi connectivity index (χ4v) is 1.87. The summed E-state index contributed by atoms with van der Waals surface area (Å²) < 4.78 is 22.1. The van der Waals surface area contributed by atoms with Crippen LogP contribution < -0.4 is 5.32 Å². The lowest BCUT2D eigenvalue weighted by Gasteiger charge is -2.30. The topological polar surface area (TPSA) is 83.6 Å². The van der Waals surface area contributed by atoms with Gasteiger partial charge < -0.3 is 10.2 Å². The highest BCUT2D eigenvalue weighted by molar-refractivity contribution is 7.92. The molecule has 0 aromatic heterocycles. The summed E-state index contributed by atoms with van der Waals surface area (Å²) in [5.41, 5.74) is 0. The predicted octanol–water partition coefficient (Wildman–Crippen LogP) is -0.842. The van der Waals surface area contributed by atoms with Crippen molar-refractivity contribution in [1.29, 1.82) is 0 Å². The Morgan fingerprint density at radius 2 is 1.94 bits per heavy atom. The molecule has 1 fully saturated rings. The molecule has 0 aromatic rings. The van der Waals surface area contributed by atoms with Crippen LogP contribution in [0.15, 0.2) is 0 Å². The van der Waals surface area contributed by atoms with E-state index in [1.54, 1.807) is 13.8 Å². The van der Waals surface area contributed by atoms with Crippen molar-refractivity contribution in [3.63, 3.8) is 0 Å². The third-order valence-electron chi connectivity index (χ3n) is 2.97. The number of amides is 2. The van der Waals surface area contributed by atoms with Crippen LogP contribution >= 0.6 is 0 Å². The van der Waals surface area contributed by atoms with Crippen LogP contribution in [0.2, 0.25) is 0 Å². The number of nitrogens with one attached hydrogen (secondary N) is 1. The van der Waals surface area contributed by atoms with Gasteiger partial charge in [-0.1, -0.05) is 0 Å². The lowest BCUT2D eigenvalue weighted by molar-refractivity contribution is -0.130. The number of carbonyl (C=O) groups is 2. The van der Waals surface area contributed by atoms with Crippen LogP contribution in [0, 0.1) is 0 Å². The molecule has 7 heteroatoms. The molecule has 17 heavy (non-hydrogen) atoms. The molecule has 0 saturated carbocycles. The van der Waals surface area contributed by atoms with Gasteiger partial charge in [0.15, 0.2) is 9.84 Å². The van der Waals surface area contributed by atoms with Crippen LogP contribution in [0.4, 0.5) is 0 Å². The minimum Gasteiger partial charge on any atom is -0.347 e. The first-order chi connectivity index (χ1) is 7.63. The zero-order valence-electron chi connectivity index (χ0n) is 10.3. The van der Waals surface area contributed by atoms with Crippen molar-refractivity contribution < 1.29 is 18.0 Å². The lowest BCUT2D eigenvalue weighted by atomic mass is 10.2. The van der Waals surface area contributed by atoms with E-state index in [0.29, 0.717) is 0 Å². The number of rotatable bonds is 3. The maximum absolute atomic E-state index is 11.7. The van der Waals surface area contributed by atoms with Gasteiger partial charge in [0, 0.05) is 25.8 Å². The van der Waals surface area contributed by atoms with E-state index in [1.807, 2.05) is 0 Å². The van der Waals surface area contributed by atoms with Crippen molar-refractivity contribution in [2.45, 2.75) is 25.0 Å². The van der Waals surface area contributed by atoms with Crippen molar-refractivity contribution in [3.05, 3.63) is 0 Å². The first-order valence-electron chi connectivity index (χ1n) is 5.37. The molecule has 0 atom stereocenters. The van der Waals surface area contributed by atoms with Crippen molar-refractivity contribution in [2.24, 2.45) is 0 Å². The van der Waals surface area contributed by atoms with Gasteiger partial charge in [-0.3, -0.25) is 9.59 Å². The van der Waals surface area contributed by atoms with E-state index in [4.69, 9.17) is 0 Å². The number of carbonyl (C=O) groups excluding carboxylic acids is 2. The van der Waals surface area contributed by atoms with E-state index >= 15 is 0 Å². The molecule has 1 aliphatic heterocycles. The highest BCUT2D eigenvalue weighted by atomic mass is 32.2. The van der Waals surface area contributed by atoms with Gasteiger partial charge in [-0.05, 0) is 13.8 Å². The minimum atomic E-state index is -3.25. The molecule has 0 radical (unpaired) electrons. The Balaban J connectivity index is 2.80. The van der Waals surface area contributed by atoms with Crippen LogP contribution in [0.3, 0.4) is 0 Å². The number of hydrogen-bond donors (Lipinski definition) is 1. The molecule has 1 N–H and O–H groups in total. The first kappa shape index (κ1) is 14.0. The molecule has 98 valence electrons. The molecule has 6 nitrogen and oxygen atoms in total. The van der Waals surface area contributed by atoms with Crippen LogP contribution in [-0.2, 0) is 19.4 Å². The van der Waals surface area contributed by atoms with E-state index in [2.05, 4.69) is 5.32 Å². The average molecular weight is 262 g/mol. The SMILES string of the molecule is CC(C)(CN1CCC(=O)NCC1=O)S(C)(=O)=O. The van der Waals surface area contributed by atoms with E-state index in [9.17, 15) is 18.0 Å². The largest absolute Gasteiger partial charge is 0.347 e. The fraction of sp³-hybridized carbons (Fsp3) is 0.800. The molecule has 0 aliphatic carbocycles. The number of hydrogen-bond acceptors (Lipinski definition) is 4. The third kappa shape index (κ3) is 3.42. The zero-order chi connectivity index (χ0) is 13.3. The van der Waals surface area contributed by atoms with Crippen molar-refractivity contribution >= 4 is 21.7 Å². The van der Waals surface area contributed by atoms with Gasteiger partial charge in [-0.25, -0.2) is 8.42 Å².